The molecule has 2 rings (SSSR count). The molecule has 2 nitrogen and oxygen atoms in total. The maximum absolute atomic E-state index is 12.5. The number of benzene rings is 1. The van der Waals surface area contributed by atoms with E-state index in [2.05, 4.69) is 6.92 Å². The number of ether oxygens (including phenoxy) is 1. The zero-order valence-electron chi connectivity index (χ0n) is 12.9. The molecule has 0 aromatic heterocycles. The van der Waals surface area contributed by atoms with Crippen molar-refractivity contribution in [3.63, 3.8) is 0 Å². The maximum Gasteiger partial charge on any atom is 0.184 e. The highest BCUT2D eigenvalue weighted by Crippen LogP contribution is 2.26. The van der Waals surface area contributed by atoms with Crippen LogP contribution in [0.2, 0.25) is 0 Å². The van der Waals surface area contributed by atoms with Gasteiger partial charge < -0.3 is 4.74 Å². The molecule has 0 amide bonds. The third-order valence-electron chi connectivity index (χ3n) is 3.85. The molecule has 0 radical (unpaired) electrons. The van der Waals surface area contributed by atoms with Crippen LogP contribution in [0.1, 0.15) is 58.3 Å². The molecule has 2 unspecified atom stereocenters. The normalized spacial score (nSPS) is 19.7. The highest BCUT2D eigenvalue weighted by molar-refractivity contribution is 7.88. The molecule has 1 aliphatic rings. The van der Waals surface area contributed by atoms with Crippen LogP contribution in [0.4, 0.5) is 0 Å². The van der Waals surface area contributed by atoms with Crippen molar-refractivity contribution in [2.75, 3.05) is 0 Å². The van der Waals surface area contributed by atoms with Crippen LogP contribution in [0.25, 0.3) is 0 Å². The maximum atomic E-state index is 12.5. The summed E-state index contributed by atoms with van der Waals surface area (Å²) in [5.74, 6) is 0. The van der Waals surface area contributed by atoms with Crippen molar-refractivity contribution in [1.82, 2.24) is 0 Å². The molecule has 1 heterocycles. The molecule has 1 aromatic rings. The van der Waals surface area contributed by atoms with Crippen molar-refractivity contribution in [2.24, 2.45) is 0 Å². The molecule has 3 heteroatoms. The van der Waals surface area contributed by atoms with Crippen LogP contribution in [-0.4, -0.2) is 10.3 Å². The van der Waals surface area contributed by atoms with Crippen LogP contribution in [0.5, 0.6) is 0 Å². The van der Waals surface area contributed by atoms with Crippen molar-refractivity contribution in [3.8, 4) is 0 Å². The lowest BCUT2D eigenvalue weighted by atomic mass is 10.0. The quantitative estimate of drug-likeness (QED) is 0.619. The second-order valence-corrected chi connectivity index (χ2v) is 7.04. The molecule has 0 spiro atoms. The van der Waals surface area contributed by atoms with Gasteiger partial charge in [-0.15, -0.1) is 0 Å². The Morgan fingerprint density at radius 1 is 1.14 bits per heavy atom. The Hall–Kier alpha value is -1.09. The summed E-state index contributed by atoms with van der Waals surface area (Å²) in [5, 5.41) is 0.658. The summed E-state index contributed by atoms with van der Waals surface area (Å²) in [6, 6.07) is 9.57. The Morgan fingerprint density at radius 3 is 2.67 bits per heavy atom. The highest BCUT2D eigenvalue weighted by Gasteiger charge is 2.20. The predicted octanol–water partition coefficient (Wildman–Crippen LogP) is 5.18. The van der Waals surface area contributed by atoms with Gasteiger partial charge in [0.2, 0.25) is 0 Å². The van der Waals surface area contributed by atoms with E-state index in [1.165, 1.54) is 32.1 Å². The van der Waals surface area contributed by atoms with E-state index in [0.717, 1.165) is 24.2 Å². The molecule has 0 aliphatic carbocycles. The average Bonchev–Trinajstić information content (AvgIpc) is 2.55. The first kappa shape index (κ1) is 16.3. The first-order chi connectivity index (χ1) is 10.3. The Kier molecular flexibility index (Phi) is 7.01. The minimum absolute atomic E-state index is 0.249. The average molecular weight is 306 g/mol. The fraction of sp³-hybridized carbons (Fsp3) is 0.556. The predicted molar refractivity (Wildman–Crippen MR) is 88.4 cm³/mol. The summed E-state index contributed by atoms with van der Waals surface area (Å²) >= 11 is 0. The van der Waals surface area contributed by atoms with E-state index in [4.69, 9.17) is 4.74 Å². The standard InChI is InChI=1S/C18H26O2S/c1-2-3-4-5-7-11-16-12-10-15-18(20-16)21(19)17-13-8-6-9-14-17/h6,8-9,13-16H,2-5,7,10-12H2,1H3. The van der Waals surface area contributed by atoms with E-state index in [0.29, 0.717) is 5.09 Å². The van der Waals surface area contributed by atoms with E-state index in [9.17, 15) is 4.21 Å². The van der Waals surface area contributed by atoms with Gasteiger partial charge in [-0.3, -0.25) is 0 Å². The van der Waals surface area contributed by atoms with Crippen molar-refractivity contribution < 1.29 is 8.95 Å². The number of rotatable bonds is 8. The summed E-state index contributed by atoms with van der Waals surface area (Å²) < 4.78 is 18.4. The van der Waals surface area contributed by atoms with E-state index >= 15 is 0 Å². The molecular formula is C18H26O2S. The Bertz CT molecular complexity index is 467. The number of unbranched alkanes of at least 4 members (excludes halogenated alkanes) is 4. The topological polar surface area (TPSA) is 26.3 Å². The summed E-state index contributed by atoms with van der Waals surface area (Å²) in [6.45, 7) is 2.24. The summed E-state index contributed by atoms with van der Waals surface area (Å²) in [7, 11) is -1.16. The zero-order valence-corrected chi connectivity index (χ0v) is 13.7. The molecule has 0 bridgehead atoms. The van der Waals surface area contributed by atoms with Gasteiger partial charge >= 0.3 is 0 Å². The second-order valence-electron chi connectivity index (χ2n) is 5.63. The van der Waals surface area contributed by atoms with Crippen LogP contribution in [0.3, 0.4) is 0 Å². The molecular weight excluding hydrogens is 280 g/mol. The van der Waals surface area contributed by atoms with Crippen LogP contribution in [0, 0.1) is 0 Å². The smallest absolute Gasteiger partial charge is 0.184 e. The molecule has 21 heavy (non-hydrogen) atoms. The Balaban J connectivity index is 1.80. The molecule has 0 saturated carbocycles. The SMILES string of the molecule is CCCCCCCC1CCC=C(S(=O)c2ccccc2)O1. The fourth-order valence-corrected chi connectivity index (χ4v) is 3.75. The number of hydrogen-bond acceptors (Lipinski definition) is 2. The van der Waals surface area contributed by atoms with Crippen LogP contribution in [-0.2, 0) is 15.5 Å². The van der Waals surface area contributed by atoms with Gasteiger partial charge in [-0.1, -0.05) is 50.8 Å². The van der Waals surface area contributed by atoms with Crippen molar-refractivity contribution >= 4 is 10.8 Å². The molecule has 2 atom stereocenters. The first-order valence-electron chi connectivity index (χ1n) is 8.15. The third-order valence-corrected chi connectivity index (χ3v) is 5.18. The molecule has 0 fully saturated rings. The van der Waals surface area contributed by atoms with E-state index in [1.807, 2.05) is 36.4 Å². The molecule has 0 saturated heterocycles. The summed E-state index contributed by atoms with van der Waals surface area (Å²) in [6.07, 6.45) is 11.8. The monoisotopic (exact) mass is 306 g/mol. The number of hydrogen-bond donors (Lipinski definition) is 0. The molecule has 116 valence electrons. The second kappa shape index (κ2) is 9.04. The first-order valence-corrected chi connectivity index (χ1v) is 9.30. The van der Waals surface area contributed by atoms with Gasteiger partial charge in [-0.05, 0) is 43.9 Å². The molecule has 1 aliphatic heterocycles. The minimum Gasteiger partial charge on any atom is -0.482 e. The summed E-state index contributed by atoms with van der Waals surface area (Å²) in [4.78, 5) is 0.826. The third kappa shape index (κ3) is 5.31. The molecule has 1 aromatic carbocycles. The van der Waals surface area contributed by atoms with Gasteiger partial charge in [-0.2, -0.15) is 0 Å². The van der Waals surface area contributed by atoms with Crippen molar-refractivity contribution in [2.45, 2.75) is 69.3 Å². The number of allylic oxidation sites excluding steroid dienone is 1. The van der Waals surface area contributed by atoms with Gasteiger partial charge in [0.05, 0.1) is 6.10 Å². The van der Waals surface area contributed by atoms with Gasteiger partial charge in [0.1, 0.15) is 10.8 Å². The van der Waals surface area contributed by atoms with Crippen LogP contribution in [0.15, 0.2) is 46.4 Å². The van der Waals surface area contributed by atoms with E-state index < -0.39 is 10.8 Å². The lowest BCUT2D eigenvalue weighted by molar-refractivity contribution is 0.103. The van der Waals surface area contributed by atoms with Crippen LogP contribution >= 0.6 is 0 Å². The lowest BCUT2D eigenvalue weighted by Gasteiger charge is -2.24. The fourth-order valence-electron chi connectivity index (χ4n) is 2.62. The van der Waals surface area contributed by atoms with Gasteiger partial charge in [0.15, 0.2) is 5.09 Å². The van der Waals surface area contributed by atoms with E-state index in [-0.39, 0.29) is 6.10 Å². The Morgan fingerprint density at radius 2 is 1.90 bits per heavy atom. The Labute approximate surface area is 131 Å². The van der Waals surface area contributed by atoms with Gasteiger partial charge in [0.25, 0.3) is 0 Å². The zero-order chi connectivity index (χ0) is 14.9. The largest absolute Gasteiger partial charge is 0.482 e. The lowest BCUT2D eigenvalue weighted by Crippen LogP contribution is -2.18. The van der Waals surface area contributed by atoms with Crippen LogP contribution < -0.4 is 0 Å². The highest BCUT2D eigenvalue weighted by atomic mass is 32.2. The van der Waals surface area contributed by atoms with Crippen molar-refractivity contribution in [1.29, 1.82) is 0 Å². The minimum atomic E-state index is -1.16. The summed E-state index contributed by atoms with van der Waals surface area (Å²) in [5.41, 5.74) is 0. The van der Waals surface area contributed by atoms with E-state index in [1.54, 1.807) is 0 Å². The van der Waals surface area contributed by atoms with Crippen molar-refractivity contribution in [3.05, 3.63) is 41.5 Å². The van der Waals surface area contributed by atoms with Gasteiger partial charge in [-0.25, -0.2) is 4.21 Å². The molecule has 0 N–H and O–H groups in total. The van der Waals surface area contributed by atoms with Gasteiger partial charge in [0, 0.05) is 4.90 Å².